The highest BCUT2D eigenvalue weighted by molar-refractivity contribution is 5.93. The van der Waals surface area contributed by atoms with Gasteiger partial charge in [0, 0.05) is 37.1 Å². The number of rotatable bonds is 7. The molecular formula is C32H29F3N8O. The van der Waals surface area contributed by atoms with E-state index in [1.807, 2.05) is 60.4 Å². The third-order valence-corrected chi connectivity index (χ3v) is 7.37. The molecule has 1 aromatic carbocycles. The molecular weight excluding hydrogens is 569 g/mol. The van der Waals surface area contributed by atoms with E-state index < -0.39 is 11.7 Å². The lowest BCUT2D eigenvalue weighted by molar-refractivity contribution is -0.137. The lowest BCUT2D eigenvalue weighted by Crippen LogP contribution is -2.43. The van der Waals surface area contributed by atoms with Gasteiger partial charge in [0.15, 0.2) is 0 Å². The Labute approximate surface area is 251 Å². The number of para-hydroxylation sites is 1. The second-order valence-corrected chi connectivity index (χ2v) is 10.6. The smallest absolute Gasteiger partial charge is 0.367 e. The largest absolute Gasteiger partial charge is 0.416 e. The number of piperidine rings is 1. The Balaban J connectivity index is 1.07. The minimum atomic E-state index is -4.46. The zero-order chi connectivity index (χ0) is 30.7. The van der Waals surface area contributed by atoms with E-state index in [9.17, 15) is 18.0 Å². The molecule has 9 nitrogen and oxygen atoms in total. The molecule has 224 valence electrons. The number of aromatic nitrogens is 5. The van der Waals surface area contributed by atoms with Gasteiger partial charge >= 0.3 is 6.18 Å². The summed E-state index contributed by atoms with van der Waals surface area (Å²) in [5.41, 5.74) is 2.85. The number of benzene rings is 1. The maximum absolute atomic E-state index is 13.3. The Morgan fingerprint density at radius 3 is 2.41 bits per heavy atom. The van der Waals surface area contributed by atoms with E-state index in [1.54, 1.807) is 29.2 Å². The van der Waals surface area contributed by atoms with Crippen molar-refractivity contribution in [1.29, 1.82) is 0 Å². The maximum Gasteiger partial charge on any atom is 0.416 e. The average Bonchev–Trinajstić information content (AvgIpc) is 3.52. The first-order chi connectivity index (χ1) is 21.2. The van der Waals surface area contributed by atoms with E-state index >= 15 is 0 Å². The van der Waals surface area contributed by atoms with Crippen molar-refractivity contribution in [3.05, 3.63) is 108 Å². The number of nitrogens with zero attached hydrogens (tertiary/aromatic N) is 6. The van der Waals surface area contributed by atoms with Crippen LogP contribution in [0.2, 0.25) is 0 Å². The predicted octanol–water partition coefficient (Wildman–Crippen LogP) is 6.51. The number of alkyl halides is 3. The Kier molecular flexibility index (Phi) is 7.97. The van der Waals surface area contributed by atoms with E-state index in [1.165, 1.54) is 0 Å². The van der Waals surface area contributed by atoms with Crippen LogP contribution in [0, 0.1) is 6.92 Å². The van der Waals surface area contributed by atoms with Gasteiger partial charge in [-0.1, -0.05) is 18.2 Å². The van der Waals surface area contributed by atoms with Crippen LogP contribution in [-0.2, 0) is 6.18 Å². The summed E-state index contributed by atoms with van der Waals surface area (Å²) in [5.74, 6) is 1.09. The molecule has 1 aliphatic rings. The summed E-state index contributed by atoms with van der Waals surface area (Å²) in [7, 11) is 0. The number of carbonyl (C=O) groups excluding carboxylic acids is 1. The fourth-order valence-corrected chi connectivity index (χ4v) is 5.15. The highest BCUT2D eigenvalue weighted by atomic mass is 19.4. The number of pyridine rings is 3. The summed E-state index contributed by atoms with van der Waals surface area (Å²) in [4.78, 5) is 28.3. The molecule has 0 atom stereocenters. The van der Waals surface area contributed by atoms with Crippen molar-refractivity contribution < 1.29 is 18.0 Å². The molecule has 6 rings (SSSR count). The van der Waals surface area contributed by atoms with Crippen molar-refractivity contribution >= 4 is 23.4 Å². The maximum atomic E-state index is 13.3. The van der Waals surface area contributed by atoms with Crippen molar-refractivity contribution in [1.82, 2.24) is 29.6 Å². The molecule has 1 fully saturated rings. The van der Waals surface area contributed by atoms with Gasteiger partial charge in [-0.2, -0.15) is 18.3 Å². The van der Waals surface area contributed by atoms with Gasteiger partial charge in [0.25, 0.3) is 5.91 Å². The summed E-state index contributed by atoms with van der Waals surface area (Å²) in [6, 6.07) is 20.7. The second-order valence-electron chi connectivity index (χ2n) is 10.6. The zero-order valence-electron chi connectivity index (χ0n) is 23.8. The van der Waals surface area contributed by atoms with E-state index in [-0.39, 0.29) is 17.8 Å². The Bertz CT molecular complexity index is 1750. The molecule has 1 saturated heterocycles. The fourth-order valence-electron chi connectivity index (χ4n) is 5.15. The second kappa shape index (κ2) is 12.2. The van der Waals surface area contributed by atoms with Crippen LogP contribution in [0.15, 0.2) is 91.4 Å². The number of carbonyl (C=O) groups is 1. The number of likely N-dealkylation sites (tertiary alicyclic amines) is 1. The van der Waals surface area contributed by atoms with Crippen molar-refractivity contribution in [2.75, 3.05) is 23.7 Å². The Morgan fingerprint density at radius 2 is 1.68 bits per heavy atom. The van der Waals surface area contributed by atoms with E-state index in [0.29, 0.717) is 36.1 Å². The van der Waals surface area contributed by atoms with Crippen molar-refractivity contribution in [2.24, 2.45) is 0 Å². The first-order valence-corrected chi connectivity index (χ1v) is 14.1. The number of hydrogen-bond donors (Lipinski definition) is 2. The number of nitrogens with one attached hydrogen (secondary N) is 2. The van der Waals surface area contributed by atoms with Gasteiger partial charge in [0.2, 0.25) is 0 Å². The van der Waals surface area contributed by atoms with E-state index in [0.717, 1.165) is 48.0 Å². The summed E-state index contributed by atoms with van der Waals surface area (Å²) >= 11 is 0. The molecule has 0 bridgehead atoms. The van der Waals surface area contributed by atoms with Crippen LogP contribution in [0.1, 0.15) is 34.5 Å². The lowest BCUT2D eigenvalue weighted by atomic mass is 10.0. The number of anilines is 3. The minimum Gasteiger partial charge on any atom is -0.367 e. The molecule has 2 N–H and O–H groups in total. The molecule has 0 aliphatic carbocycles. The summed E-state index contributed by atoms with van der Waals surface area (Å²) in [6.45, 7) is 3.10. The molecule has 1 amide bonds. The fraction of sp³-hybridized carbons (Fsp3) is 0.219. The van der Waals surface area contributed by atoms with Gasteiger partial charge in [-0.15, -0.1) is 0 Å². The van der Waals surface area contributed by atoms with Crippen molar-refractivity contribution in [3.63, 3.8) is 0 Å². The molecule has 44 heavy (non-hydrogen) atoms. The predicted molar refractivity (Wildman–Crippen MR) is 161 cm³/mol. The van der Waals surface area contributed by atoms with Gasteiger partial charge in [-0.25, -0.2) is 19.6 Å². The first-order valence-electron chi connectivity index (χ1n) is 14.1. The summed E-state index contributed by atoms with van der Waals surface area (Å²) < 4.78 is 41.0. The highest BCUT2D eigenvalue weighted by Crippen LogP contribution is 2.31. The third kappa shape index (κ3) is 6.54. The normalized spacial score (nSPS) is 14.0. The number of halogens is 3. The quantitative estimate of drug-likeness (QED) is 0.220. The van der Waals surface area contributed by atoms with Crippen LogP contribution < -0.4 is 10.6 Å². The average molecular weight is 599 g/mol. The van der Waals surface area contributed by atoms with Crippen LogP contribution >= 0.6 is 0 Å². The van der Waals surface area contributed by atoms with E-state index in [4.69, 9.17) is 0 Å². The Morgan fingerprint density at radius 1 is 0.886 bits per heavy atom. The van der Waals surface area contributed by atoms with Gasteiger partial charge in [-0.3, -0.25) is 4.79 Å². The van der Waals surface area contributed by atoms with Crippen LogP contribution in [0.4, 0.5) is 30.6 Å². The van der Waals surface area contributed by atoms with Gasteiger partial charge in [0.1, 0.15) is 23.1 Å². The molecule has 0 radical (unpaired) electrons. The van der Waals surface area contributed by atoms with Crippen LogP contribution in [0.3, 0.4) is 0 Å². The standard InChI is InChI=1S/C32H29F3N8O/c1-21-17-26(40-30(18-21)41-29-19-23(9-13-36-29)32(33,34)35)22-7-8-28(37-20-22)39-24-11-15-42(16-12-24)31(44)27-10-14-38-43(27)25-5-3-2-4-6-25/h2-10,13-14,17-20,24H,11-12,15-16H2,1H3,(H,37,39)(H,36,40,41). The molecule has 4 aromatic heterocycles. The SMILES string of the molecule is Cc1cc(Nc2cc(C(F)(F)F)ccn2)nc(-c2ccc(NC3CCN(C(=O)c4ccnn4-c4ccccc4)CC3)nc2)c1. The summed E-state index contributed by atoms with van der Waals surface area (Å²) in [5, 5.41) is 10.7. The van der Waals surface area contributed by atoms with Gasteiger partial charge < -0.3 is 15.5 Å². The molecule has 5 heterocycles. The molecule has 0 unspecified atom stereocenters. The topological polar surface area (TPSA) is 101 Å². The number of amides is 1. The van der Waals surface area contributed by atoms with Crippen LogP contribution in [-0.4, -0.2) is 54.7 Å². The van der Waals surface area contributed by atoms with Crippen molar-refractivity contribution in [2.45, 2.75) is 32.0 Å². The summed E-state index contributed by atoms with van der Waals surface area (Å²) in [6.07, 6.45) is 1.54. The molecule has 5 aromatic rings. The van der Waals surface area contributed by atoms with E-state index in [2.05, 4.69) is 30.7 Å². The van der Waals surface area contributed by atoms with Gasteiger partial charge in [0.05, 0.1) is 23.1 Å². The minimum absolute atomic E-state index is 0.0457. The van der Waals surface area contributed by atoms with Gasteiger partial charge in [-0.05, 0) is 79.9 Å². The lowest BCUT2D eigenvalue weighted by Gasteiger charge is -2.32. The molecule has 0 saturated carbocycles. The van der Waals surface area contributed by atoms with Crippen LogP contribution in [0.5, 0.6) is 0 Å². The van der Waals surface area contributed by atoms with Crippen LogP contribution in [0.25, 0.3) is 16.9 Å². The highest BCUT2D eigenvalue weighted by Gasteiger charge is 2.31. The Hall–Kier alpha value is -5.26. The zero-order valence-corrected chi connectivity index (χ0v) is 23.8. The molecule has 12 heteroatoms. The third-order valence-electron chi connectivity index (χ3n) is 7.37. The molecule has 1 aliphatic heterocycles. The molecule has 0 spiro atoms. The number of hydrogen-bond acceptors (Lipinski definition) is 7. The van der Waals surface area contributed by atoms with Crippen molar-refractivity contribution in [3.8, 4) is 16.9 Å². The first kappa shape index (κ1) is 28.8. The monoisotopic (exact) mass is 598 g/mol. The number of aryl methyl sites for hydroxylation is 1.